The van der Waals surface area contributed by atoms with Gasteiger partial charge in [-0.05, 0) is 30.7 Å². The number of hydrogen-bond acceptors (Lipinski definition) is 4. The fourth-order valence-electron chi connectivity index (χ4n) is 3.11. The van der Waals surface area contributed by atoms with Crippen molar-refractivity contribution in [3.05, 3.63) is 17.5 Å². The second-order valence-electron chi connectivity index (χ2n) is 6.51. The first-order valence-electron chi connectivity index (χ1n) is 8.34. The van der Waals surface area contributed by atoms with E-state index in [4.69, 9.17) is 14.6 Å². The average Bonchev–Trinajstić information content (AvgIpc) is 2.96. The number of aromatic nitrogens is 2. The normalized spacial score (nSPS) is 21.7. The molecule has 0 radical (unpaired) electrons. The van der Waals surface area contributed by atoms with Gasteiger partial charge in [0.1, 0.15) is 6.10 Å². The quantitative estimate of drug-likeness (QED) is 0.904. The number of amides is 2. The molecule has 1 N–H and O–H groups in total. The minimum atomic E-state index is -0.154. The fourth-order valence-corrected chi connectivity index (χ4v) is 3.11. The van der Waals surface area contributed by atoms with Crippen LogP contribution in [0.5, 0.6) is 0 Å². The molecule has 7 nitrogen and oxygen atoms in total. The Labute approximate surface area is 136 Å². The predicted octanol–water partition coefficient (Wildman–Crippen LogP) is 1.19. The van der Waals surface area contributed by atoms with E-state index in [-0.39, 0.29) is 12.1 Å². The van der Waals surface area contributed by atoms with Gasteiger partial charge in [0.05, 0.1) is 18.8 Å². The van der Waals surface area contributed by atoms with Crippen molar-refractivity contribution in [1.82, 2.24) is 20.0 Å². The van der Waals surface area contributed by atoms with Crippen LogP contribution in [0, 0.1) is 5.92 Å². The van der Waals surface area contributed by atoms with Crippen molar-refractivity contribution < 1.29 is 14.3 Å². The van der Waals surface area contributed by atoms with Crippen molar-refractivity contribution in [3.8, 4) is 0 Å². The molecule has 3 rings (SSSR count). The number of nitrogens with one attached hydrogen (secondary N) is 1. The van der Waals surface area contributed by atoms with E-state index >= 15 is 0 Å². The summed E-state index contributed by atoms with van der Waals surface area (Å²) in [6, 6.07) is -0.109. The summed E-state index contributed by atoms with van der Waals surface area (Å²) in [5.41, 5.74) is 2.22. The highest BCUT2D eigenvalue weighted by molar-refractivity contribution is 5.73. The number of nitrogens with zero attached hydrogens (tertiary/aromatic N) is 3. The molecule has 3 heterocycles. The zero-order valence-corrected chi connectivity index (χ0v) is 14.0. The van der Waals surface area contributed by atoms with Gasteiger partial charge in [0.2, 0.25) is 0 Å². The van der Waals surface area contributed by atoms with Crippen LogP contribution in [-0.2, 0) is 22.4 Å². The van der Waals surface area contributed by atoms with Crippen LogP contribution in [0.1, 0.15) is 30.2 Å². The van der Waals surface area contributed by atoms with Gasteiger partial charge < -0.3 is 19.7 Å². The van der Waals surface area contributed by atoms with Crippen LogP contribution in [-0.4, -0.2) is 61.2 Å². The van der Waals surface area contributed by atoms with E-state index in [0.717, 1.165) is 44.7 Å². The molecule has 1 fully saturated rings. The van der Waals surface area contributed by atoms with Crippen LogP contribution >= 0.6 is 0 Å². The van der Waals surface area contributed by atoms with Crippen LogP contribution in [0.4, 0.5) is 4.79 Å². The standard InChI is InChI=1S/C16H26N4O3/c1-19(2)16(21)17-9-14-15-13(5-8-23-14)11-20(18-15)10-12-3-6-22-7-4-12/h11-12,14H,3-10H2,1-2H3,(H,17,21). The van der Waals surface area contributed by atoms with Crippen LogP contribution in [0.2, 0.25) is 0 Å². The SMILES string of the molecule is CN(C)C(=O)NCC1OCCc2cn(CC3CCOCC3)nc21. The summed E-state index contributed by atoms with van der Waals surface area (Å²) in [6.07, 6.45) is 5.08. The van der Waals surface area contributed by atoms with Crippen molar-refractivity contribution in [1.29, 1.82) is 0 Å². The van der Waals surface area contributed by atoms with E-state index < -0.39 is 0 Å². The maximum Gasteiger partial charge on any atom is 0.316 e. The summed E-state index contributed by atoms with van der Waals surface area (Å²) in [5.74, 6) is 0.637. The van der Waals surface area contributed by atoms with Crippen LogP contribution < -0.4 is 5.32 Å². The lowest BCUT2D eigenvalue weighted by atomic mass is 10.0. The van der Waals surface area contributed by atoms with E-state index in [9.17, 15) is 4.79 Å². The Kier molecular flexibility index (Phi) is 5.17. The zero-order valence-electron chi connectivity index (χ0n) is 14.0. The van der Waals surface area contributed by atoms with E-state index in [1.54, 1.807) is 14.1 Å². The lowest BCUT2D eigenvalue weighted by Gasteiger charge is -2.23. The minimum Gasteiger partial charge on any atom is -0.381 e. The summed E-state index contributed by atoms with van der Waals surface area (Å²) < 4.78 is 13.3. The molecule has 0 saturated carbocycles. The van der Waals surface area contributed by atoms with Gasteiger partial charge in [-0.3, -0.25) is 4.68 Å². The van der Waals surface area contributed by atoms with Crippen molar-refractivity contribution in [2.24, 2.45) is 5.92 Å². The molecule has 2 aliphatic heterocycles. The molecular formula is C16H26N4O3. The molecule has 1 atom stereocenters. The van der Waals surface area contributed by atoms with Crippen LogP contribution in [0.3, 0.4) is 0 Å². The van der Waals surface area contributed by atoms with Crippen molar-refractivity contribution in [3.63, 3.8) is 0 Å². The number of rotatable bonds is 4. The number of hydrogen-bond donors (Lipinski definition) is 1. The molecule has 0 bridgehead atoms. The summed E-state index contributed by atoms with van der Waals surface area (Å²) in [5, 5.41) is 7.61. The molecule has 1 aromatic heterocycles. The first-order chi connectivity index (χ1) is 11.1. The second-order valence-corrected chi connectivity index (χ2v) is 6.51. The van der Waals surface area contributed by atoms with Crippen molar-refractivity contribution in [2.75, 3.05) is 40.5 Å². The van der Waals surface area contributed by atoms with Gasteiger partial charge in [-0.15, -0.1) is 0 Å². The Hall–Kier alpha value is -1.60. The molecule has 23 heavy (non-hydrogen) atoms. The highest BCUT2D eigenvalue weighted by atomic mass is 16.5. The first kappa shape index (κ1) is 16.3. The summed E-state index contributed by atoms with van der Waals surface area (Å²) in [4.78, 5) is 13.2. The van der Waals surface area contributed by atoms with E-state index in [0.29, 0.717) is 19.1 Å². The number of carbonyl (C=O) groups excluding carboxylic acids is 1. The third-order valence-electron chi connectivity index (χ3n) is 4.50. The molecule has 1 saturated heterocycles. The van der Waals surface area contributed by atoms with Gasteiger partial charge in [0.15, 0.2) is 0 Å². The van der Waals surface area contributed by atoms with E-state index in [1.165, 1.54) is 10.5 Å². The molecular weight excluding hydrogens is 296 g/mol. The van der Waals surface area contributed by atoms with Gasteiger partial charge in [-0.25, -0.2) is 4.79 Å². The lowest BCUT2D eigenvalue weighted by molar-refractivity contribution is 0.0400. The third-order valence-corrected chi connectivity index (χ3v) is 4.50. The second kappa shape index (κ2) is 7.31. The van der Waals surface area contributed by atoms with E-state index in [1.807, 2.05) is 0 Å². The predicted molar refractivity (Wildman–Crippen MR) is 85.3 cm³/mol. The number of urea groups is 1. The maximum absolute atomic E-state index is 11.7. The topological polar surface area (TPSA) is 68.6 Å². The Morgan fingerprint density at radius 2 is 2.17 bits per heavy atom. The fraction of sp³-hybridized carbons (Fsp3) is 0.750. The lowest BCUT2D eigenvalue weighted by Crippen LogP contribution is -2.38. The van der Waals surface area contributed by atoms with Gasteiger partial charge in [-0.2, -0.15) is 5.10 Å². The molecule has 0 aromatic carbocycles. The summed E-state index contributed by atoms with van der Waals surface area (Å²) in [7, 11) is 3.45. The Morgan fingerprint density at radius 1 is 1.39 bits per heavy atom. The largest absolute Gasteiger partial charge is 0.381 e. The number of carbonyl (C=O) groups is 1. The number of ether oxygens (including phenoxy) is 2. The van der Waals surface area contributed by atoms with Gasteiger partial charge in [0, 0.05) is 40.1 Å². The van der Waals surface area contributed by atoms with Gasteiger partial charge in [-0.1, -0.05) is 0 Å². The molecule has 1 unspecified atom stereocenters. The molecule has 0 aliphatic carbocycles. The van der Waals surface area contributed by atoms with Gasteiger partial charge in [0.25, 0.3) is 0 Å². The summed E-state index contributed by atoms with van der Waals surface area (Å²) in [6.45, 7) is 3.78. The Balaban J connectivity index is 1.63. The summed E-state index contributed by atoms with van der Waals surface area (Å²) >= 11 is 0. The molecule has 1 aromatic rings. The van der Waals surface area contributed by atoms with Gasteiger partial charge >= 0.3 is 6.03 Å². The average molecular weight is 322 g/mol. The monoisotopic (exact) mass is 322 g/mol. The third kappa shape index (κ3) is 4.03. The number of fused-ring (bicyclic) bond motifs is 1. The Morgan fingerprint density at radius 3 is 2.91 bits per heavy atom. The molecule has 7 heteroatoms. The molecule has 2 amide bonds. The highest BCUT2D eigenvalue weighted by Gasteiger charge is 2.26. The maximum atomic E-state index is 11.7. The van der Waals surface area contributed by atoms with Crippen molar-refractivity contribution >= 4 is 6.03 Å². The Bertz CT molecular complexity index is 537. The molecule has 0 spiro atoms. The first-order valence-corrected chi connectivity index (χ1v) is 8.34. The van der Waals surface area contributed by atoms with Crippen LogP contribution in [0.25, 0.3) is 0 Å². The molecule has 128 valence electrons. The van der Waals surface area contributed by atoms with E-state index in [2.05, 4.69) is 16.2 Å². The highest BCUT2D eigenvalue weighted by Crippen LogP contribution is 2.26. The zero-order chi connectivity index (χ0) is 16.2. The smallest absolute Gasteiger partial charge is 0.316 e. The molecule has 2 aliphatic rings. The minimum absolute atomic E-state index is 0.109. The van der Waals surface area contributed by atoms with Crippen molar-refractivity contribution in [2.45, 2.75) is 31.9 Å². The van der Waals surface area contributed by atoms with Crippen LogP contribution in [0.15, 0.2) is 6.20 Å².